The number of nitrogens with one attached hydrogen (secondary N) is 1. The molecule has 0 radical (unpaired) electrons. The van der Waals surface area contributed by atoms with E-state index in [1.54, 1.807) is 43.3 Å². The van der Waals surface area contributed by atoms with Crippen molar-refractivity contribution < 1.29 is 14.3 Å². The highest BCUT2D eigenvalue weighted by molar-refractivity contribution is 6.14. The third kappa shape index (κ3) is 4.42. The van der Waals surface area contributed by atoms with Crippen molar-refractivity contribution in [1.29, 1.82) is 0 Å². The number of benzene rings is 3. The summed E-state index contributed by atoms with van der Waals surface area (Å²) in [6, 6.07) is 23.5. The molecule has 4 heteroatoms. The first-order chi connectivity index (χ1) is 13.1. The smallest absolute Gasteiger partial charge is 0.265 e. The predicted molar refractivity (Wildman–Crippen MR) is 106 cm³/mol. The summed E-state index contributed by atoms with van der Waals surface area (Å²) >= 11 is 0. The van der Waals surface area contributed by atoms with Crippen molar-refractivity contribution in [1.82, 2.24) is 0 Å². The molecule has 4 nitrogen and oxygen atoms in total. The van der Waals surface area contributed by atoms with Gasteiger partial charge in [-0.2, -0.15) is 0 Å². The topological polar surface area (TPSA) is 55.4 Å². The predicted octanol–water partition coefficient (Wildman–Crippen LogP) is 4.63. The fourth-order valence-corrected chi connectivity index (χ4v) is 2.70. The van der Waals surface area contributed by atoms with Crippen LogP contribution in [0.25, 0.3) is 0 Å². The number of carbonyl (C=O) groups is 2. The summed E-state index contributed by atoms with van der Waals surface area (Å²) in [7, 11) is 0. The first kappa shape index (κ1) is 18.4. The lowest BCUT2D eigenvalue weighted by molar-refractivity contribution is -0.122. The number of para-hydroxylation sites is 2. The third-order valence-electron chi connectivity index (χ3n) is 4.23. The van der Waals surface area contributed by atoms with E-state index in [9.17, 15) is 9.59 Å². The largest absolute Gasteiger partial charge is 0.481 e. The van der Waals surface area contributed by atoms with Gasteiger partial charge in [0.05, 0.1) is 5.69 Å². The van der Waals surface area contributed by atoms with Crippen molar-refractivity contribution in [2.24, 2.45) is 0 Å². The summed E-state index contributed by atoms with van der Waals surface area (Å²) in [6.45, 7) is 3.61. The number of hydrogen-bond acceptors (Lipinski definition) is 3. The van der Waals surface area contributed by atoms with E-state index in [1.165, 1.54) is 0 Å². The van der Waals surface area contributed by atoms with E-state index < -0.39 is 6.10 Å². The van der Waals surface area contributed by atoms with Crippen LogP contribution in [-0.2, 0) is 4.79 Å². The Hall–Kier alpha value is -3.40. The molecule has 0 bridgehead atoms. The molecule has 1 amide bonds. The second-order valence-electron chi connectivity index (χ2n) is 6.26. The normalized spacial score (nSPS) is 11.5. The SMILES string of the molecule is Cc1ccccc1O[C@H](C)C(=O)Nc1ccccc1C(=O)c1ccccc1. The van der Waals surface area contributed by atoms with Crippen LogP contribution >= 0.6 is 0 Å². The van der Waals surface area contributed by atoms with Gasteiger partial charge in [-0.3, -0.25) is 9.59 Å². The molecule has 0 saturated heterocycles. The molecule has 3 rings (SSSR count). The number of hydrogen-bond donors (Lipinski definition) is 1. The van der Waals surface area contributed by atoms with Crippen LogP contribution in [0.5, 0.6) is 5.75 Å². The first-order valence-corrected chi connectivity index (χ1v) is 8.78. The standard InChI is InChI=1S/C23H21NO3/c1-16-10-6-9-15-21(16)27-17(2)23(26)24-20-14-8-7-13-19(20)22(25)18-11-4-3-5-12-18/h3-15,17H,1-2H3,(H,24,26)/t17-/m1/s1. The van der Waals surface area contributed by atoms with Gasteiger partial charge in [-0.1, -0.05) is 60.7 Å². The van der Waals surface area contributed by atoms with Gasteiger partial charge in [-0.05, 0) is 37.6 Å². The van der Waals surface area contributed by atoms with Gasteiger partial charge in [-0.25, -0.2) is 0 Å². The van der Waals surface area contributed by atoms with Crippen LogP contribution in [0.15, 0.2) is 78.9 Å². The molecular weight excluding hydrogens is 338 g/mol. The van der Waals surface area contributed by atoms with Gasteiger partial charge in [-0.15, -0.1) is 0 Å². The molecule has 136 valence electrons. The van der Waals surface area contributed by atoms with E-state index in [0.717, 1.165) is 5.56 Å². The minimum atomic E-state index is -0.703. The van der Waals surface area contributed by atoms with E-state index in [-0.39, 0.29) is 11.7 Å². The van der Waals surface area contributed by atoms with Crippen molar-refractivity contribution in [3.8, 4) is 5.75 Å². The maximum Gasteiger partial charge on any atom is 0.265 e. The Morgan fingerprint density at radius 1 is 0.852 bits per heavy atom. The maximum atomic E-state index is 12.8. The molecule has 0 heterocycles. The van der Waals surface area contributed by atoms with Crippen LogP contribution < -0.4 is 10.1 Å². The van der Waals surface area contributed by atoms with Crippen LogP contribution in [0.2, 0.25) is 0 Å². The number of carbonyl (C=O) groups excluding carboxylic acids is 2. The molecular formula is C23H21NO3. The summed E-state index contributed by atoms with van der Waals surface area (Å²) in [6.07, 6.45) is -0.703. The molecule has 0 saturated carbocycles. The molecule has 1 N–H and O–H groups in total. The summed E-state index contributed by atoms with van der Waals surface area (Å²) in [5, 5.41) is 2.82. The zero-order chi connectivity index (χ0) is 19.2. The minimum absolute atomic E-state index is 0.140. The third-order valence-corrected chi connectivity index (χ3v) is 4.23. The summed E-state index contributed by atoms with van der Waals surface area (Å²) in [4.78, 5) is 25.4. The molecule has 0 aliphatic carbocycles. The van der Waals surface area contributed by atoms with Crippen LogP contribution in [0, 0.1) is 6.92 Å². The molecule has 0 fully saturated rings. The Labute approximate surface area is 158 Å². The number of anilines is 1. The summed E-state index contributed by atoms with van der Waals surface area (Å²) in [5.41, 5.74) is 2.44. The Bertz CT molecular complexity index is 951. The average Bonchev–Trinajstić information content (AvgIpc) is 2.70. The van der Waals surface area contributed by atoms with E-state index >= 15 is 0 Å². The molecule has 0 spiro atoms. The van der Waals surface area contributed by atoms with E-state index in [4.69, 9.17) is 4.74 Å². The number of ketones is 1. The number of aryl methyl sites for hydroxylation is 1. The van der Waals surface area contributed by atoms with Crippen LogP contribution in [0.1, 0.15) is 28.4 Å². The van der Waals surface area contributed by atoms with Gasteiger partial charge >= 0.3 is 0 Å². The highest BCUT2D eigenvalue weighted by atomic mass is 16.5. The number of ether oxygens (including phenoxy) is 1. The zero-order valence-corrected chi connectivity index (χ0v) is 15.3. The van der Waals surface area contributed by atoms with E-state index in [0.29, 0.717) is 22.6 Å². The lowest BCUT2D eigenvalue weighted by Crippen LogP contribution is -2.31. The van der Waals surface area contributed by atoms with Crippen molar-refractivity contribution >= 4 is 17.4 Å². The second kappa shape index (κ2) is 8.32. The van der Waals surface area contributed by atoms with Crippen LogP contribution in [-0.4, -0.2) is 17.8 Å². The maximum absolute atomic E-state index is 12.8. The molecule has 0 aliphatic rings. The highest BCUT2D eigenvalue weighted by Gasteiger charge is 2.19. The van der Waals surface area contributed by atoms with Crippen molar-refractivity contribution in [3.05, 3.63) is 95.6 Å². The molecule has 0 unspecified atom stereocenters. The molecule has 0 aromatic heterocycles. The molecule has 1 atom stereocenters. The van der Waals surface area contributed by atoms with Gasteiger partial charge in [0, 0.05) is 11.1 Å². The van der Waals surface area contributed by atoms with Gasteiger partial charge in [0.15, 0.2) is 11.9 Å². The van der Waals surface area contributed by atoms with Gasteiger partial charge < -0.3 is 10.1 Å². The second-order valence-corrected chi connectivity index (χ2v) is 6.26. The highest BCUT2D eigenvalue weighted by Crippen LogP contribution is 2.21. The van der Waals surface area contributed by atoms with Gasteiger partial charge in [0.25, 0.3) is 5.91 Å². The number of rotatable bonds is 6. The van der Waals surface area contributed by atoms with Gasteiger partial charge in [0.2, 0.25) is 0 Å². The van der Waals surface area contributed by atoms with Gasteiger partial charge in [0.1, 0.15) is 5.75 Å². The van der Waals surface area contributed by atoms with Crippen LogP contribution in [0.4, 0.5) is 5.69 Å². The summed E-state index contributed by atoms with van der Waals surface area (Å²) < 4.78 is 5.77. The molecule has 27 heavy (non-hydrogen) atoms. The quantitative estimate of drug-likeness (QED) is 0.653. The molecule has 3 aromatic rings. The average molecular weight is 359 g/mol. The Morgan fingerprint density at radius 3 is 2.22 bits per heavy atom. The Morgan fingerprint density at radius 2 is 1.48 bits per heavy atom. The zero-order valence-electron chi connectivity index (χ0n) is 15.3. The Kier molecular flexibility index (Phi) is 5.67. The lowest BCUT2D eigenvalue weighted by atomic mass is 10.0. The Balaban J connectivity index is 1.77. The molecule has 3 aromatic carbocycles. The van der Waals surface area contributed by atoms with Crippen molar-refractivity contribution in [2.45, 2.75) is 20.0 Å². The number of amides is 1. The fourth-order valence-electron chi connectivity index (χ4n) is 2.70. The minimum Gasteiger partial charge on any atom is -0.481 e. The van der Waals surface area contributed by atoms with E-state index in [1.807, 2.05) is 49.4 Å². The van der Waals surface area contributed by atoms with Crippen molar-refractivity contribution in [2.75, 3.05) is 5.32 Å². The van der Waals surface area contributed by atoms with E-state index in [2.05, 4.69) is 5.32 Å². The molecule has 0 aliphatic heterocycles. The fraction of sp³-hybridized carbons (Fsp3) is 0.130. The summed E-state index contributed by atoms with van der Waals surface area (Å²) in [5.74, 6) is 0.208. The van der Waals surface area contributed by atoms with Crippen molar-refractivity contribution in [3.63, 3.8) is 0 Å². The lowest BCUT2D eigenvalue weighted by Gasteiger charge is -2.17. The first-order valence-electron chi connectivity index (χ1n) is 8.78. The van der Waals surface area contributed by atoms with Crippen LogP contribution in [0.3, 0.4) is 0 Å². The monoisotopic (exact) mass is 359 g/mol.